The van der Waals surface area contributed by atoms with E-state index in [0.29, 0.717) is 12.5 Å². The van der Waals surface area contributed by atoms with Gasteiger partial charge in [0.25, 0.3) is 0 Å². The largest absolute Gasteiger partial charge is 0.445 e. The first-order valence-electron chi connectivity index (χ1n) is 7.83. The highest BCUT2D eigenvalue weighted by molar-refractivity contribution is 5.67. The number of piperidine rings is 1. The van der Waals surface area contributed by atoms with Gasteiger partial charge in [-0.3, -0.25) is 0 Å². The third-order valence-electron chi connectivity index (χ3n) is 4.57. The van der Waals surface area contributed by atoms with Crippen LogP contribution in [-0.2, 0) is 11.3 Å². The smallest absolute Gasteiger partial charge is 0.410 e. The van der Waals surface area contributed by atoms with Gasteiger partial charge in [0.05, 0.1) is 5.60 Å². The Morgan fingerprint density at radius 3 is 2.52 bits per heavy atom. The molecule has 21 heavy (non-hydrogen) atoms. The summed E-state index contributed by atoms with van der Waals surface area (Å²) in [7, 11) is 0. The number of nitrogens with zero attached hydrogens (tertiary/aromatic N) is 1. The van der Waals surface area contributed by atoms with Crippen LogP contribution in [0.25, 0.3) is 0 Å². The maximum atomic E-state index is 12.0. The number of carbonyl (C=O) groups excluding carboxylic acids is 1. The summed E-state index contributed by atoms with van der Waals surface area (Å²) in [6.07, 6.45) is 4.53. The monoisotopic (exact) mass is 289 g/mol. The van der Waals surface area contributed by atoms with Gasteiger partial charge in [-0.05, 0) is 43.6 Å². The van der Waals surface area contributed by atoms with Crippen molar-refractivity contribution in [3.8, 4) is 0 Å². The molecule has 0 bridgehead atoms. The van der Waals surface area contributed by atoms with Crippen molar-refractivity contribution in [3.63, 3.8) is 0 Å². The van der Waals surface area contributed by atoms with E-state index in [1.807, 2.05) is 30.3 Å². The number of benzene rings is 1. The lowest BCUT2D eigenvalue weighted by Crippen LogP contribution is -2.39. The van der Waals surface area contributed by atoms with Crippen LogP contribution in [0, 0.1) is 5.92 Å². The quantitative estimate of drug-likeness (QED) is 0.927. The van der Waals surface area contributed by atoms with Crippen LogP contribution < -0.4 is 0 Å². The summed E-state index contributed by atoms with van der Waals surface area (Å²) in [5, 5.41) is 9.96. The van der Waals surface area contributed by atoms with E-state index in [4.69, 9.17) is 4.74 Å². The van der Waals surface area contributed by atoms with E-state index in [-0.39, 0.29) is 11.7 Å². The molecule has 4 heteroatoms. The van der Waals surface area contributed by atoms with E-state index >= 15 is 0 Å². The number of rotatable bonds is 4. The average Bonchev–Trinajstić information content (AvgIpc) is 3.24. The van der Waals surface area contributed by atoms with E-state index in [1.54, 1.807) is 4.90 Å². The molecule has 4 nitrogen and oxygen atoms in total. The molecule has 1 aliphatic carbocycles. The predicted octanol–water partition coefficient (Wildman–Crippen LogP) is 2.95. The number of hydrogen-bond acceptors (Lipinski definition) is 3. The topological polar surface area (TPSA) is 49.8 Å². The van der Waals surface area contributed by atoms with Crippen LogP contribution in [0.1, 0.15) is 37.7 Å². The van der Waals surface area contributed by atoms with Gasteiger partial charge in [0.1, 0.15) is 6.61 Å². The minimum Gasteiger partial charge on any atom is -0.445 e. The van der Waals surface area contributed by atoms with E-state index < -0.39 is 0 Å². The highest BCUT2D eigenvalue weighted by atomic mass is 16.6. The van der Waals surface area contributed by atoms with Gasteiger partial charge in [0.15, 0.2) is 0 Å². The first-order valence-corrected chi connectivity index (χ1v) is 7.83. The average molecular weight is 289 g/mol. The Labute approximate surface area is 125 Å². The fraction of sp³-hybridized carbons (Fsp3) is 0.588. The molecule has 114 valence electrons. The molecule has 1 saturated heterocycles. The molecule has 2 aliphatic rings. The van der Waals surface area contributed by atoms with E-state index in [2.05, 4.69) is 0 Å². The third-order valence-corrected chi connectivity index (χ3v) is 4.57. The lowest BCUT2D eigenvalue weighted by molar-refractivity contribution is 0.0668. The van der Waals surface area contributed by atoms with Crippen LogP contribution in [0.2, 0.25) is 0 Å². The molecule has 0 unspecified atom stereocenters. The Hall–Kier alpha value is -1.55. The minimum absolute atomic E-state index is 0.220. The molecule has 1 aromatic carbocycles. The normalized spacial score (nSPS) is 21.1. The van der Waals surface area contributed by atoms with Crippen LogP contribution in [-0.4, -0.2) is 34.8 Å². The molecule has 1 amide bonds. The number of amides is 1. The minimum atomic E-state index is -0.374. The molecule has 0 spiro atoms. The summed E-state index contributed by atoms with van der Waals surface area (Å²) >= 11 is 0. The zero-order valence-corrected chi connectivity index (χ0v) is 12.3. The standard InChI is InChI=1S/C17H23NO3/c19-16(21-13-15-4-2-1-3-5-15)18-10-6-14(7-11-18)12-17(20)8-9-17/h1-5,14,20H,6-13H2. The zero-order chi connectivity index (χ0) is 14.7. The molecule has 0 radical (unpaired) electrons. The van der Waals surface area contributed by atoms with E-state index in [0.717, 1.165) is 50.8 Å². The Kier molecular flexibility index (Phi) is 4.15. The van der Waals surface area contributed by atoms with Crippen molar-refractivity contribution in [2.24, 2.45) is 5.92 Å². The predicted molar refractivity (Wildman–Crippen MR) is 79.7 cm³/mol. The third kappa shape index (κ3) is 3.97. The second-order valence-electron chi connectivity index (χ2n) is 6.40. The van der Waals surface area contributed by atoms with Gasteiger partial charge in [-0.2, -0.15) is 0 Å². The fourth-order valence-electron chi connectivity index (χ4n) is 3.02. The molecule has 1 aromatic rings. The van der Waals surface area contributed by atoms with Gasteiger partial charge >= 0.3 is 6.09 Å². The van der Waals surface area contributed by atoms with Crippen LogP contribution in [0.5, 0.6) is 0 Å². The van der Waals surface area contributed by atoms with Crippen LogP contribution >= 0.6 is 0 Å². The van der Waals surface area contributed by atoms with Crippen molar-refractivity contribution >= 4 is 6.09 Å². The molecule has 1 N–H and O–H groups in total. The number of carbonyl (C=O) groups is 1. The molecule has 1 heterocycles. The highest BCUT2D eigenvalue weighted by Gasteiger charge is 2.42. The summed E-state index contributed by atoms with van der Waals surface area (Å²) in [6, 6.07) is 9.74. The molecule has 2 fully saturated rings. The molecule has 1 aliphatic heterocycles. The van der Waals surface area contributed by atoms with Gasteiger partial charge in [-0.15, -0.1) is 0 Å². The molecule has 1 saturated carbocycles. The molecule has 3 rings (SSSR count). The fourth-order valence-corrected chi connectivity index (χ4v) is 3.02. The van der Waals surface area contributed by atoms with Gasteiger partial charge < -0.3 is 14.7 Å². The maximum Gasteiger partial charge on any atom is 0.410 e. The van der Waals surface area contributed by atoms with Crippen LogP contribution in [0.4, 0.5) is 4.79 Å². The maximum absolute atomic E-state index is 12.0. The summed E-state index contributed by atoms with van der Waals surface area (Å²) < 4.78 is 5.35. The Morgan fingerprint density at radius 1 is 1.24 bits per heavy atom. The summed E-state index contributed by atoms with van der Waals surface area (Å²) in [6.45, 7) is 1.82. The second-order valence-corrected chi connectivity index (χ2v) is 6.40. The molecule has 0 atom stereocenters. The van der Waals surface area contributed by atoms with Crippen molar-refractivity contribution < 1.29 is 14.6 Å². The van der Waals surface area contributed by atoms with Gasteiger partial charge in [0.2, 0.25) is 0 Å². The zero-order valence-electron chi connectivity index (χ0n) is 12.3. The number of hydrogen-bond donors (Lipinski definition) is 1. The van der Waals surface area contributed by atoms with Crippen LogP contribution in [0.3, 0.4) is 0 Å². The van der Waals surface area contributed by atoms with Crippen molar-refractivity contribution in [3.05, 3.63) is 35.9 Å². The SMILES string of the molecule is O=C(OCc1ccccc1)N1CCC(CC2(O)CC2)CC1. The summed E-state index contributed by atoms with van der Waals surface area (Å²) in [5.74, 6) is 0.552. The second kappa shape index (κ2) is 6.06. The lowest BCUT2D eigenvalue weighted by atomic mass is 9.90. The van der Waals surface area contributed by atoms with E-state index in [9.17, 15) is 9.90 Å². The Morgan fingerprint density at radius 2 is 1.90 bits per heavy atom. The molecular formula is C17H23NO3. The van der Waals surface area contributed by atoms with Crippen LogP contribution in [0.15, 0.2) is 30.3 Å². The first-order chi connectivity index (χ1) is 10.1. The summed E-state index contributed by atoms with van der Waals surface area (Å²) in [4.78, 5) is 13.8. The number of ether oxygens (including phenoxy) is 1. The number of likely N-dealkylation sites (tertiary alicyclic amines) is 1. The first kappa shape index (κ1) is 14.4. The van der Waals surface area contributed by atoms with Gasteiger partial charge in [0, 0.05) is 13.1 Å². The van der Waals surface area contributed by atoms with Gasteiger partial charge in [-0.1, -0.05) is 30.3 Å². The van der Waals surface area contributed by atoms with Gasteiger partial charge in [-0.25, -0.2) is 4.79 Å². The molecule has 0 aromatic heterocycles. The van der Waals surface area contributed by atoms with Crippen molar-refractivity contribution in [2.75, 3.05) is 13.1 Å². The Bertz CT molecular complexity index is 476. The van der Waals surface area contributed by atoms with Crippen molar-refractivity contribution in [1.82, 2.24) is 4.90 Å². The van der Waals surface area contributed by atoms with E-state index in [1.165, 1.54) is 0 Å². The lowest BCUT2D eigenvalue weighted by Gasteiger charge is -2.32. The van der Waals surface area contributed by atoms with Crippen molar-refractivity contribution in [1.29, 1.82) is 0 Å². The number of aliphatic hydroxyl groups is 1. The van der Waals surface area contributed by atoms with Crippen molar-refractivity contribution in [2.45, 2.75) is 44.3 Å². The summed E-state index contributed by atoms with van der Waals surface area (Å²) in [5.41, 5.74) is 0.636. The molecular weight excluding hydrogens is 266 g/mol. The highest BCUT2D eigenvalue weighted by Crippen LogP contribution is 2.42. The Balaban J connectivity index is 1.40.